The van der Waals surface area contributed by atoms with Crippen LogP contribution in [0.3, 0.4) is 0 Å². The van der Waals surface area contributed by atoms with E-state index in [1.165, 1.54) is 12.1 Å². The highest BCUT2D eigenvalue weighted by Gasteiger charge is 2.08. The Morgan fingerprint density at radius 3 is 2.35 bits per heavy atom. The SMILES string of the molecule is O=C(O)Cc1ccc(COc2cccc(F)c2F)cc1. The molecule has 2 aromatic rings. The van der Waals surface area contributed by atoms with Crippen molar-refractivity contribution in [3.63, 3.8) is 0 Å². The summed E-state index contributed by atoms with van der Waals surface area (Å²) in [6, 6.07) is 10.4. The molecule has 0 radical (unpaired) electrons. The molecule has 0 aromatic heterocycles. The number of carboxylic acids is 1. The number of carboxylic acid groups (broad SMARTS) is 1. The number of hydrogen-bond acceptors (Lipinski definition) is 2. The molecule has 0 atom stereocenters. The van der Waals surface area contributed by atoms with E-state index >= 15 is 0 Å². The minimum absolute atomic E-state index is 0.0559. The second-order valence-electron chi connectivity index (χ2n) is 4.23. The van der Waals surface area contributed by atoms with E-state index in [0.717, 1.165) is 11.6 Å². The molecule has 0 fully saturated rings. The maximum absolute atomic E-state index is 13.3. The Bertz CT molecular complexity index is 609. The van der Waals surface area contributed by atoms with Crippen molar-refractivity contribution in [1.82, 2.24) is 0 Å². The van der Waals surface area contributed by atoms with Crippen molar-refractivity contribution < 1.29 is 23.4 Å². The molecule has 0 bridgehead atoms. The molecule has 1 N–H and O–H groups in total. The lowest BCUT2D eigenvalue weighted by Gasteiger charge is -2.08. The van der Waals surface area contributed by atoms with Crippen LogP contribution in [0.25, 0.3) is 0 Å². The van der Waals surface area contributed by atoms with Gasteiger partial charge in [0.25, 0.3) is 0 Å². The normalized spacial score (nSPS) is 10.3. The molecule has 0 saturated heterocycles. The van der Waals surface area contributed by atoms with Gasteiger partial charge in [0.15, 0.2) is 11.6 Å². The highest BCUT2D eigenvalue weighted by Crippen LogP contribution is 2.20. The molecular formula is C15H12F2O3. The largest absolute Gasteiger partial charge is 0.486 e. The minimum Gasteiger partial charge on any atom is -0.486 e. The topological polar surface area (TPSA) is 46.5 Å². The highest BCUT2D eigenvalue weighted by atomic mass is 19.2. The molecule has 2 rings (SSSR count). The van der Waals surface area contributed by atoms with Crippen LogP contribution in [0.15, 0.2) is 42.5 Å². The molecule has 5 heteroatoms. The first-order valence-corrected chi connectivity index (χ1v) is 5.92. The third-order valence-electron chi connectivity index (χ3n) is 2.69. The van der Waals surface area contributed by atoms with Crippen LogP contribution in [-0.2, 0) is 17.8 Å². The Kier molecular flexibility index (Phi) is 4.30. The molecule has 0 aliphatic heterocycles. The Hall–Kier alpha value is -2.43. The van der Waals surface area contributed by atoms with Gasteiger partial charge >= 0.3 is 5.97 Å². The summed E-state index contributed by atoms with van der Waals surface area (Å²) >= 11 is 0. The third-order valence-corrected chi connectivity index (χ3v) is 2.69. The fourth-order valence-corrected chi connectivity index (χ4v) is 1.68. The van der Waals surface area contributed by atoms with Crippen molar-refractivity contribution in [3.05, 3.63) is 65.2 Å². The summed E-state index contributed by atoms with van der Waals surface area (Å²) in [5.41, 5.74) is 1.40. The van der Waals surface area contributed by atoms with Crippen LogP contribution in [0.2, 0.25) is 0 Å². The van der Waals surface area contributed by atoms with E-state index in [2.05, 4.69) is 0 Å². The summed E-state index contributed by atoms with van der Waals surface area (Å²) in [4.78, 5) is 10.5. The van der Waals surface area contributed by atoms with Crippen molar-refractivity contribution >= 4 is 5.97 Å². The Morgan fingerprint density at radius 1 is 1.05 bits per heavy atom. The van der Waals surface area contributed by atoms with Crippen LogP contribution >= 0.6 is 0 Å². The quantitative estimate of drug-likeness (QED) is 0.913. The van der Waals surface area contributed by atoms with E-state index in [9.17, 15) is 13.6 Å². The summed E-state index contributed by atoms with van der Waals surface area (Å²) in [5, 5.41) is 8.64. The first-order chi connectivity index (χ1) is 9.56. The van der Waals surface area contributed by atoms with Gasteiger partial charge in [0.2, 0.25) is 5.82 Å². The molecule has 104 valence electrons. The van der Waals surface area contributed by atoms with Gasteiger partial charge in [0, 0.05) is 0 Å². The van der Waals surface area contributed by atoms with Crippen LogP contribution in [0.1, 0.15) is 11.1 Å². The van der Waals surface area contributed by atoms with Crippen molar-refractivity contribution in [2.45, 2.75) is 13.0 Å². The van der Waals surface area contributed by atoms with E-state index in [0.29, 0.717) is 5.56 Å². The number of aliphatic carboxylic acids is 1. The van der Waals surface area contributed by atoms with Gasteiger partial charge in [0.05, 0.1) is 6.42 Å². The highest BCUT2D eigenvalue weighted by molar-refractivity contribution is 5.70. The lowest BCUT2D eigenvalue weighted by molar-refractivity contribution is -0.136. The molecule has 0 heterocycles. The van der Waals surface area contributed by atoms with Crippen LogP contribution in [0.4, 0.5) is 8.78 Å². The van der Waals surface area contributed by atoms with Gasteiger partial charge in [-0.15, -0.1) is 0 Å². The van der Waals surface area contributed by atoms with Gasteiger partial charge in [-0.1, -0.05) is 30.3 Å². The number of benzene rings is 2. The van der Waals surface area contributed by atoms with E-state index < -0.39 is 17.6 Å². The average molecular weight is 278 g/mol. The van der Waals surface area contributed by atoms with E-state index in [-0.39, 0.29) is 18.8 Å². The first kappa shape index (κ1) is 14.0. The maximum atomic E-state index is 13.3. The molecule has 0 saturated carbocycles. The molecule has 2 aromatic carbocycles. The van der Waals surface area contributed by atoms with Gasteiger partial charge in [-0.3, -0.25) is 4.79 Å². The van der Waals surface area contributed by atoms with Gasteiger partial charge < -0.3 is 9.84 Å². The van der Waals surface area contributed by atoms with Crippen molar-refractivity contribution in [2.24, 2.45) is 0 Å². The summed E-state index contributed by atoms with van der Waals surface area (Å²) in [7, 11) is 0. The van der Waals surface area contributed by atoms with E-state index in [4.69, 9.17) is 9.84 Å². The number of ether oxygens (including phenoxy) is 1. The van der Waals surface area contributed by atoms with Crippen molar-refractivity contribution in [2.75, 3.05) is 0 Å². The predicted octanol–water partition coefficient (Wildman–Crippen LogP) is 3.17. The monoisotopic (exact) mass is 278 g/mol. The number of halogens is 2. The van der Waals surface area contributed by atoms with Crippen molar-refractivity contribution in [1.29, 1.82) is 0 Å². The number of hydrogen-bond donors (Lipinski definition) is 1. The minimum atomic E-state index is -1.02. The van der Waals surface area contributed by atoms with E-state index in [1.807, 2.05) is 0 Å². The average Bonchev–Trinajstić information content (AvgIpc) is 2.41. The molecule has 0 amide bonds. The fraction of sp³-hybridized carbons (Fsp3) is 0.133. The van der Waals surface area contributed by atoms with Crippen molar-refractivity contribution in [3.8, 4) is 5.75 Å². The molecule has 20 heavy (non-hydrogen) atoms. The van der Waals surface area contributed by atoms with Gasteiger partial charge in [0.1, 0.15) is 6.61 Å². The molecule has 3 nitrogen and oxygen atoms in total. The smallest absolute Gasteiger partial charge is 0.307 e. The summed E-state index contributed by atoms with van der Waals surface area (Å²) < 4.78 is 31.5. The van der Waals surface area contributed by atoms with Crippen LogP contribution in [-0.4, -0.2) is 11.1 Å². The maximum Gasteiger partial charge on any atom is 0.307 e. The van der Waals surface area contributed by atoms with E-state index in [1.54, 1.807) is 24.3 Å². The lowest BCUT2D eigenvalue weighted by atomic mass is 10.1. The molecule has 0 aliphatic rings. The van der Waals surface area contributed by atoms with Crippen LogP contribution < -0.4 is 4.74 Å². The summed E-state index contributed by atoms with van der Waals surface area (Å²) in [6.07, 6.45) is -0.0559. The first-order valence-electron chi connectivity index (χ1n) is 5.92. The number of rotatable bonds is 5. The second kappa shape index (κ2) is 6.14. The summed E-state index contributed by atoms with van der Waals surface area (Å²) in [5.74, 6) is -3.04. The fourth-order valence-electron chi connectivity index (χ4n) is 1.68. The molecule has 0 spiro atoms. The zero-order chi connectivity index (χ0) is 14.5. The zero-order valence-corrected chi connectivity index (χ0v) is 10.5. The van der Waals surface area contributed by atoms with Gasteiger partial charge in [-0.2, -0.15) is 4.39 Å². The Balaban J connectivity index is 2.00. The van der Waals surface area contributed by atoms with Gasteiger partial charge in [-0.25, -0.2) is 4.39 Å². The molecular weight excluding hydrogens is 266 g/mol. The third kappa shape index (κ3) is 3.54. The second-order valence-corrected chi connectivity index (χ2v) is 4.23. The molecule has 0 aliphatic carbocycles. The van der Waals surface area contributed by atoms with Crippen LogP contribution in [0.5, 0.6) is 5.75 Å². The molecule has 0 unspecified atom stereocenters. The standard InChI is InChI=1S/C15H12F2O3/c16-12-2-1-3-13(15(12)17)20-9-11-6-4-10(5-7-11)8-14(18)19/h1-7H,8-9H2,(H,18,19). The zero-order valence-electron chi connectivity index (χ0n) is 10.5. The summed E-state index contributed by atoms with van der Waals surface area (Å²) in [6.45, 7) is 0.0771. The van der Waals surface area contributed by atoms with Crippen LogP contribution in [0, 0.1) is 11.6 Å². The lowest BCUT2D eigenvalue weighted by Crippen LogP contribution is -2.01. The Labute approximate surface area is 114 Å². The number of carbonyl (C=O) groups is 1. The predicted molar refractivity (Wildman–Crippen MR) is 68.5 cm³/mol. The Morgan fingerprint density at radius 2 is 1.70 bits per heavy atom. The van der Waals surface area contributed by atoms with Gasteiger partial charge in [-0.05, 0) is 23.3 Å².